The van der Waals surface area contributed by atoms with Gasteiger partial charge in [-0.2, -0.15) is 0 Å². The summed E-state index contributed by atoms with van der Waals surface area (Å²) in [6, 6.07) is 5.96. The minimum atomic E-state index is -0.508. The fourth-order valence-electron chi connectivity index (χ4n) is 4.26. The van der Waals surface area contributed by atoms with Gasteiger partial charge in [0, 0.05) is 58.0 Å². The highest BCUT2D eigenvalue weighted by molar-refractivity contribution is 5.93. The van der Waals surface area contributed by atoms with E-state index in [1.54, 1.807) is 4.90 Å². The second-order valence-electron chi connectivity index (χ2n) is 10.2. The Morgan fingerprint density at radius 1 is 0.824 bits per heavy atom. The van der Waals surface area contributed by atoms with Crippen molar-refractivity contribution in [3.8, 4) is 0 Å². The Labute approximate surface area is 203 Å². The molecule has 1 N–H and O–H groups in total. The molecule has 3 amide bonds. The van der Waals surface area contributed by atoms with Crippen LogP contribution in [0, 0.1) is 13.8 Å². The first-order chi connectivity index (χ1) is 16.0. The van der Waals surface area contributed by atoms with Crippen molar-refractivity contribution < 1.29 is 19.1 Å². The van der Waals surface area contributed by atoms with E-state index in [2.05, 4.69) is 15.1 Å². The van der Waals surface area contributed by atoms with Gasteiger partial charge in [-0.1, -0.05) is 18.2 Å². The summed E-state index contributed by atoms with van der Waals surface area (Å²) in [5.74, 6) is 0.0744. The third-order valence-electron chi connectivity index (χ3n) is 6.22. The highest BCUT2D eigenvalue weighted by Crippen LogP contribution is 2.19. The minimum absolute atomic E-state index is 0.0277. The lowest BCUT2D eigenvalue weighted by molar-refractivity contribution is -0.134. The van der Waals surface area contributed by atoms with E-state index in [4.69, 9.17) is 4.74 Å². The molecular weight excluding hydrogens is 434 g/mol. The largest absolute Gasteiger partial charge is 0.444 e. The van der Waals surface area contributed by atoms with E-state index >= 15 is 0 Å². The number of hydrogen-bond donors (Lipinski definition) is 1. The van der Waals surface area contributed by atoms with Crippen LogP contribution in [-0.2, 0) is 14.3 Å². The van der Waals surface area contributed by atoms with Crippen LogP contribution in [0.4, 0.5) is 10.5 Å². The smallest absolute Gasteiger partial charge is 0.410 e. The van der Waals surface area contributed by atoms with E-state index in [9.17, 15) is 14.4 Å². The number of aryl methyl sites for hydroxylation is 2. The van der Waals surface area contributed by atoms with Crippen LogP contribution >= 0.6 is 0 Å². The zero-order valence-electron chi connectivity index (χ0n) is 21.2. The molecule has 1 aromatic carbocycles. The van der Waals surface area contributed by atoms with Gasteiger partial charge in [-0.15, -0.1) is 0 Å². The van der Waals surface area contributed by atoms with Gasteiger partial charge in [0.15, 0.2) is 0 Å². The van der Waals surface area contributed by atoms with E-state index < -0.39 is 5.60 Å². The molecule has 2 aliphatic heterocycles. The van der Waals surface area contributed by atoms with Crippen molar-refractivity contribution in [1.29, 1.82) is 0 Å². The van der Waals surface area contributed by atoms with E-state index in [-0.39, 0.29) is 17.9 Å². The molecule has 9 heteroatoms. The van der Waals surface area contributed by atoms with Gasteiger partial charge in [0.05, 0.1) is 13.1 Å². The standard InChI is InChI=1S/C25H39N5O4/c1-19-7-6-8-20(2)23(19)26-21(31)17-27-9-13-29(14-10-27)22(32)18-28-11-15-30(16-12-28)24(33)34-25(3,4)5/h6-8H,9-18H2,1-5H3,(H,26,31). The summed E-state index contributed by atoms with van der Waals surface area (Å²) in [5, 5.41) is 3.03. The molecule has 0 aromatic heterocycles. The zero-order chi connectivity index (χ0) is 24.9. The molecule has 1 aromatic rings. The van der Waals surface area contributed by atoms with Crippen molar-refractivity contribution in [2.45, 2.75) is 40.2 Å². The van der Waals surface area contributed by atoms with Gasteiger partial charge in [-0.05, 0) is 45.7 Å². The number of nitrogens with zero attached hydrogens (tertiary/aromatic N) is 4. The summed E-state index contributed by atoms with van der Waals surface area (Å²) in [6.45, 7) is 15.3. The van der Waals surface area contributed by atoms with E-state index in [1.165, 1.54) is 0 Å². The Morgan fingerprint density at radius 3 is 1.85 bits per heavy atom. The Balaban J connectivity index is 1.37. The quantitative estimate of drug-likeness (QED) is 0.704. The average Bonchev–Trinajstić information content (AvgIpc) is 2.76. The summed E-state index contributed by atoms with van der Waals surface area (Å²) >= 11 is 0. The van der Waals surface area contributed by atoms with Gasteiger partial charge in [0.1, 0.15) is 5.60 Å². The number of carbonyl (C=O) groups excluding carboxylic acids is 3. The predicted octanol–water partition coefficient (Wildman–Crippen LogP) is 1.94. The second-order valence-corrected chi connectivity index (χ2v) is 10.2. The zero-order valence-corrected chi connectivity index (χ0v) is 21.2. The number of piperazine rings is 2. The molecule has 0 bridgehead atoms. The molecular formula is C25H39N5O4. The number of carbonyl (C=O) groups is 3. The van der Waals surface area contributed by atoms with Crippen LogP contribution in [0.15, 0.2) is 18.2 Å². The number of benzene rings is 1. The molecule has 2 saturated heterocycles. The molecule has 0 radical (unpaired) electrons. The first-order valence-corrected chi connectivity index (χ1v) is 12.1. The fourth-order valence-corrected chi connectivity index (χ4v) is 4.26. The molecule has 0 aliphatic carbocycles. The Morgan fingerprint density at radius 2 is 1.32 bits per heavy atom. The summed E-state index contributed by atoms with van der Waals surface area (Å²) < 4.78 is 5.43. The summed E-state index contributed by atoms with van der Waals surface area (Å²) in [5.41, 5.74) is 2.48. The molecule has 0 saturated carbocycles. The average molecular weight is 474 g/mol. The van der Waals surface area contributed by atoms with Crippen LogP contribution in [-0.4, -0.2) is 109 Å². The lowest BCUT2D eigenvalue weighted by atomic mass is 10.1. The van der Waals surface area contributed by atoms with Gasteiger partial charge in [-0.3, -0.25) is 19.4 Å². The number of ether oxygens (including phenoxy) is 1. The first kappa shape index (κ1) is 26.0. The molecule has 0 atom stereocenters. The lowest BCUT2D eigenvalue weighted by Crippen LogP contribution is -2.55. The molecule has 2 heterocycles. The van der Waals surface area contributed by atoms with Crippen molar-refractivity contribution in [2.24, 2.45) is 0 Å². The maximum absolute atomic E-state index is 12.8. The summed E-state index contributed by atoms with van der Waals surface area (Å²) in [6.07, 6.45) is -0.295. The van der Waals surface area contributed by atoms with Crippen LogP contribution in [0.2, 0.25) is 0 Å². The number of amides is 3. The van der Waals surface area contributed by atoms with Crippen molar-refractivity contribution >= 4 is 23.6 Å². The number of rotatable bonds is 5. The van der Waals surface area contributed by atoms with E-state index in [0.717, 1.165) is 16.8 Å². The van der Waals surface area contributed by atoms with Gasteiger partial charge < -0.3 is 19.9 Å². The van der Waals surface area contributed by atoms with E-state index in [1.807, 2.05) is 57.7 Å². The van der Waals surface area contributed by atoms with E-state index in [0.29, 0.717) is 65.4 Å². The maximum Gasteiger partial charge on any atom is 0.410 e. The number of para-hydroxylation sites is 1. The molecule has 0 unspecified atom stereocenters. The number of nitrogens with one attached hydrogen (secondary N) is 1. The third-order valence-corrected chi connectivity index (χ3v) is 6.22. The topological polar surface area (TPSA) is 85.4 Å². The summed E-state index contributed by atoms with van der Waals surface area (Å²) in [4.78, 5) is 45.3. The second kappa shape index (κ2) is 11.2. The molecule has 34 heavy (non-hydrogen) atoms. The molecule has 0 spiro atoms. The van der Waals surface area contributed by atoms with Gasteiger partial charge in [0.25, 0.3) is 0 Å². The highest BCUT2D eigenvalue weighted by atomic mass is 16.6. The molecule has 2 aliphatic rings. The van der Waals surface area contributed by atoms with Crippen molar-refractivity contribution in [3.63, 3.8) is 0 Å². The van der Waals surface area contributed by atoms with Gasteiger partial charge in [-0.25, -0.2) is 4.79 Å². The third kappa shape index (κ3) is 7.43. The predicted molar refractivity (Wildman–Crippen MR) is 132 cm³/mol. The SMILES string of the molecule is Cc1cccc(C)c1NC(=O)CN1CCN(C(=O)CN2CCN(C(=O)OC(C)(C)C)CC2)CC1. The van der Waals surface area contributed by atoms with Crippen LogP contribution in [0.1, 0.15) is 31.9 Å². The Hall–Kier alpha value is -2.65. The first-order valence-electron chi connectivity index (χ1n) is 12.1. The van der Waals surface area contributed by atoms with Crippen LogP contribution in [0.25, 0.3) is 0 Å². The van der Waals surface area contributed by atoms with Gasteiger partial charge in [0.2, 0.25) is 11.8 Å². The van der Waals surface area contributed by atoms with Crippen molar-refractivity contribution in [2.75, 3.05) is 70.8 Å². The van der Waals surface area contributed by atoms with Gasteiger partial charge >= 0.3 is 6.09 Å². The van der Waals surface area contributed by atoms with Crippen molar-refractivity contribution in [1.82, 2.24) is 19.6 Å². The monoisotopic (exact) mass is 473 g/mol. The van der Waals surface area contributed by atoms with Crippen molar-refractivity contribution in [3.05, 3.63) is 29.3 Å². The highest BCUT2D eigenvalue weighted by Gasteiger charge is 2.28. The lowest BCUT2D eigenvalue weighted by Gasteiger charge is -2.38. The maximum atomic E-state index is 12.8. The molecule has 9 nitrogen and oxygen atoms in total. The molecule has 3 rings (SSSR count). The van der Waals surface area contributed by atoms with Crippen LogP contribution < -0.4 is 5.32 Å². The fraction of sp³-hybridized carbons (Fsp3) is 0.640. The van der Waals surface area contributed by atoms with Crippen LogP contribution in [0.5, 0.6) is 0 Å². The minimum Gasteiger partial charge on any atom is -0.444 e. The van der Waals surface area contributed by atoms with Crippen LogP contribution in [0.3, 0.4) is 0 Å². The Kier molecular flexibility index (Phi) is 8.54. The normalized spacial score (nSPS) is 18.0. The Bertz CT molecular complexity index is 862. The number of hydrogen-bond acceptors (Lipinski definition) is 6. The molecule has 2 fully saturated rings. The number of anilines is 1. The summed E-state index contributed by atoms with van der Waals surface area (Å²) in [7, 11) is 0. The molecule has 188 valence electrons.